The van der Waals surface area contributed by atoms with Crippen molar-refractivity contribution in [3.05, 3.63) is 34.9 Å². The smallest absolute Gasteiger partial charge is 0.275 e. The molecule has 5 nitrogen and oxygen atoms in total. The molecule has 20 heavy (non-hydrogen) atoms. The topological polar surface area (TPSA) is 66.0 Å². The molecule has 0 aliphatic carbocycles. The Morgan fingerprint density at radius 2 is 1.90 bits per heavy atom. The standard InChI is InChI=1S/C14H20ClN3O2/c1-10(11-4-6-12(15)7-5-11)16-8-13(19)17-9-14(20)18(2)3/h4-7,10,16H,8-9H2,1-3H3,(H,17,19)/p+1/t10-/m0/s1. The van der Waals surface area contributed by atoms with Crippen LogP contribution in [-0.2, 0) is 9.59 Å². The number of carbonyl (C=O) groups excluding carboxylic acids is 2. The van der Waals surface area contributed by atoms with Crippen molar-refractivity contribution in [2.24, 2.45) is 0 Å². The summed E-state index contributed by atoms with van der Waals surface area (Å²) in [4.78, 5) is 24.4. The van der Waals surface area contributed by atoms with Gasteiger partial charge in [-0.05, 0) is 19.1 Å². The van der Waals surface area contributed by atoms with Crippen molar-refractivity contribution in [3.8, 4) is 0 Å². The van der Waals surface area contributed by atoms with Crippen LogP contribution in [0.2, 0.25) is 5.02 Å². The van der Waals surface area contributed by atoms with Gasteiger partial charge < -0.3 is 15.5 Å². The fourth-order valence-electron chi connectivity index (χ4n) is 1.59. The van der Waals surface area contributed by atoms with Crippen LogP contribution in [0, 0.1) is 0 Å². The molecule has 0 aliphatic heterocycles. The zero-order chi connectivity index (χ0) is 15.1. The molecule has 0 saturated heterocycles. The predicted octanol–water partition coefficient (Wildman–Crippen LogP) is 0.169. The molecule has 0 fully saturated rings. The van der Waals surface area contributed by atoms with E-state index in [0.717, 1.165) is 5.56 Å². The molecule has 2 amide bonds. The third-order valence-corrected chi connectivity index (χ3v) is 3.24. The fraction of sp³-hybridized carbons (Fsp3) is 0.429. The molecule has 0 spiro atoms. The zero-order valence-electron chi connectivity index (χ0n) is 12.0. The molecular weight excluding hydrogens is 278 g/mol. The number of rotatable bonds is 6. The number of benzene rings is 1. The third-order valence-electron chi connectivity index (χ3n) is 2.99. The number of nitrogens with zero attached hydrogens (tertiary/aromatic N) is 1. The third kappa shape index (κ3) is 5.59. The maximum Gasteiger partial charge on any atom is 0.275 e. The Balaban J connectivity index is 2.33. The number of amides is 2. The highest BCUT2D eigenvalue weighted by Crippen LogP contribution is 2.13. The summed E-state index contributed by atoms with van der Waals surface area (Å²) >= 11 is 5.83. The first-order valence-corrected chi connectivity index (χ1v) is 6.83. The van der Waals surface area contributed by atoms with Crippen LogP contribution in [0.15, 0.2) is 24.3 Å². The second-order valence-electron chi connectivity index (χ2n) is 4.84. The van der Waals surface area contributed by atoms with Crippen molar-refractivity contribution < 1.29 is 14.9 Å². The van der Waals surface area contributed by atoms with E-state index in [1.165, 1.54) is 4.90 Å². The minimum Gasteiger partial charge on any atom is -0.347 e. The number of hydrogen-bond donors (Lipinski definition) is 2. The Kier molecular flexibility index (Phi) is 6.48. The zero-order valence-corrected chi connectivity index (χ0v) is 12.8. The molecule has 0 saturated carbocycles. The summed E-state index contributed by atoms with van der Waals surface area (Å²) in [5, 5.41) is 5.21. The van der Waals surface area contributed by atoms with E-state index >= 15 is 0 Å². The van der Waals surface area contributed by atoms with Crippen molar-refractivity contribution in [1.82, 2.24) is 10.2 Å². The highest BCUT2D eigenvalue weighted by atomic mass is 35.5. The van der Waals surface area contributed by atoms with Gasteiger partial charge in [-0.3, -0.25) is 9.59 Å². The van der Waals surface area contributed by atoms with Gasteiger partial charge in [0, 0.05) is 24.7 Å². The molecule has 1 rings (SSSR count). The van der Waals surface area contributed by atoms with Gasteiger partial charge in [0.2, 0.25) is 5.91 Å². The van der Waals surface area contributed by atoms with E-state index in [2.05, 4.69) is 5.32 Å². The van der Waals surface area contributed by atoms with E-state index < -0.39 is 0 Å². The summed E-state index contributed by atoms with van der Waals surface area (Å²) in [7, 11) is 3.31. The number of nitrogens with one attached hydrogen (secondary N) is 1. The van der Waals surface area contributed by atoms with Gasteiger partial charge in [-0.15, -0.1) is 0 Å². The van der Waals surface area contributed by atoms with Crippen LogP contribution < -0.4 is 10.6 Å². The number of quaternary nitrogens is 1. The molecule has 0 bridgehead atoms. The Bertz CT molecular complexity index is 460. The van der Waals surface area contributed by atoms with Crippen LogP contribution in [-0.4, -0.2) is 43.9 Å². The Hall–Kier alpha value is -1.59. The molecule has 0 heterocycles. The highest BCUT2D eigenvalue weighted by Gasteiger charge is 2.12. The molecule has 6 heteroatoms. The van der Waals surface area contributed by atoms with Crippen LogP contribution in [0.4, 0.5) is 0 Å². The summed E-state index contributed by atoms with van der Waals surface area (Å²) < 4.78 is 0. The molecule has 1 atom stereocenters. The van der Waals surface area contributed by atoms with E-state index in [-0.39, 0.29) is 30.9 Å². The molecule has 0 aromatic heterocycles. The van der Waals surface area contributed by atoms with Gasteiger partial charge >= 0.3 is 0 Å². The van der Waals surface area contributed by atoms with E-state index in [1.807, 2.05) is 36.5 Å². The lowest BCUT2D eigenvalue weighted by atomic mass is 10.1. The molecule has 1 aromatic rings. The van der Waals surface area contributed by atoms with Gasteiger partial charge in [0.25, 0.3) is 5.91 Å². The Morgan fingerprint density at radius 3 is 2.45 bits per heavy atom. The van der Waals surface area contributed by atoms with Crippen LogP contribution in [0.3, 0.4) is 0 Å². The summed E-state index contributed by atoms with van der Waals surface area (Å²) in [6.45, 7) is 2.33. The van der Waals surface area contributed by atoms with E-state index in [1.54, 1.807) is 14.1 Å². The normalized spacial score (nSPS) is 11.8. The van der Waals surface area contributed by atoms with Crippen molar-refractivity contribution in [2.45, 2.75) is 13.0 Å². The molecule has 0 radical (unpaired) electrons. The van der Waals surface area contributed by atoms with Crippen molar-refractivity contribution >= 4 is 23.4 Å². The van der Waals surface area contributed by atoms with E-state index in [4.69, 9.17) is 11.6 Å². The van der Waals surface area contributed by atoms with Crippen LogP contribution in [0.5, 0.6) is 0 Å². The summed E-state index contributed by atoms with van der Waals surface area (Å²) in [5.74, 6) is -0.273. The fourth-order valence-corrected chi connectivity index (χ4v) is 1.72. The van der Waals surface area contributed by atoms with Crippen LogP contribution in [0.1, 0.15) is 18.5 Å². The first kappa shape index (κ1) is 16.5. The first-order chi connectivity index (χ1) is 9.40. The van der Waals surface area contributed by atoms with Gasteiger partial charge in [-0.25, -0.2) is 0 Å². The summed E-state index contributed by atoms with van der Waals surface area (Å²) in [5.41, 5.74) is 1.10. The van der Waals surface area contributed by atoms with Crippen molar-refractivity contribution in [2.75, 3.05) is 27.2 Å². The van der Waals surface area contributed by atoms with Gasteiger partial charge in [0.05, 0.1) is 6.54 Å². The number of carbonyl (C=O) groups is 2. The average Bonchev–Trinajstić information content (AvgIpc) is 2.42. The lowest BCUT2D eigenvalue weighted by Crippen LogP contribution is -2.87. The molecule has 0 aliphatic rings. The second-order valence-corrected chi connectivity index (χ2v) is 5.28. The maximum atomic E-state index is 11.6. The van der Waals surface area contributed by atoms with Gasteiger partial charge in [0.1, 0.15) is 6.04 Å². The van der Waals surface area contributed by atoms with Gasteiger partial charge in [0.15, 0.2) is 6.54 Å². The molecular formula is C14H21ClN3O2+. The summed E-state index contributed by atoms with van der Waals surface area (Å²) in [6.07, 6.45) is 0. The second kappa shape index (κ2) is 7.87. The molecule has 3 N–H and O–H groups in total. The van der Waals surface area contributed by atoms with Crippen LogP contribution >= 0.6 is 11.6 Å². The van der Waals surface area contributed by atoms with Crippen molar-refractivity contribution in [3.63, 3.8) is 0 Å². The molecule has 0 unspecified atom stereocenters. The van der Waals surface area contributed by atoms with Gasteiger partial charge in [-0.2, -0.15) is 0 Å². The number of hydrogen-bond acceptors (Lipinski definition) is 2. The van der Waals surface area contributed by atoms with Crippen molar-refractivity contribution in [1.29, 1.82) is 0 Å². The Labute approximate surface area is 124 Å². The highest BCUT2D eigenvalue weighted by molar-refractivity contribution is 6.30. The number of halogens is 1. The molecule has 110 valence electrons. The monoisotopic (exact) mass is 298 g/mol. The lowest BCUT2D eigenvalue weighted by molar-refractivity contribution is -0.682. The largest absolute Gasteiger partial charge is 0.347 e. The van der Waals surface area contributed by atoms with Gasteiger partial charge in [-0.1, -0.05) is 23.7 Å². The van der Waals surface area contributed by atoms with E-state index in [0.29, 0.717) is 5.02 Å². The SMILES string of the molecule is C[C@H]([NH2+]CC(=O)NCC(=O)N(C)C)c1ccc(Cl)cc1. The quantitative estimate of drug-likeness (QED) is 0.786. The minimum absolute atomic E-state index is 0.0367. The molecule has 1 aromatic carbocycles. The van der Waals surface area contributed by atoms with E-state index in [9.17, 15) is 9.59 Å². The predicted molar refractivity (Wildman–Crippen MR) is 78.4 cm³/mol. The lowest BCUT2D eigenvalue weighted by Gasteiger charge is -2.12. The summed E-state index contributed by atoms with van der Waals surface area (Å²) in [6, 6.07) is 7.70. The average molecular weight is 299 g/mol. The first-order valence-electron chi connectivity index (χ1n) is 6.45. The maximum absolute atomic E-state index is 11.6. The number of likely N-dealkylation sites (N-methyl/N-ethyl adjacent to an activating group) is 1. The van der Waals surface area contributed by atoms with Crippen LogP contribution in [0.25, 0.3) is 0 Å². The Morgan fingerprint density at radius 1 is 1.30 bits per heavy atom. The number of nitrogens with two attached hydrogens (primary N) is 1. The minimum atomic E-state index is -0.152.